The molecule has 2 rings (SSSR count). The first kappa shape index (κ1) is 11.1. The van der Waals surface area contributed by atoms with E-state index in [1.807, 2.05) is 0 Å². The molecule has 3 nitrogen and oxygen atoms in total. The maximum absolute atomic E-state index is 13.0. The third-order valence-electron chi connectivity index (χ3n) is 2.83. The van der Waals surface area contributed by atoms with Crippen LogP contribution >= 0.6 is 0 Å². The van der Waals surface area contributed by atoms with Crippen LogP contribution in [0.4, 0.5) is 4.39 Å². The van der Waals surface area contributed by atoms with E-state index < -0.39 is 17.7 Å². The monoisotopic (exact) mass is 224 g/mol. The van der Waals surface area contributed by atoms with Crippen LogP contribution in [-0.2, 0) is 9.53 Å². The third kappa shape index (κ3) is 2.39. The largest absolute Gasteiger partial charge is 0.481 e. The van der Waals surface area contributed by atoms with Crippen molar-refractivity contribution in [1.82, 2.24) is 0 Å². The van der Waals surface area contributed by atoms with E-state index in [0.29, 0.717) is 25.2 Å². The van der Waals surface area contributed by atoms with Crippen LogP contribution in [0.5, 0.6) is 0 Å². The molecule has 0 aromatic heterocycles. The lowest BCUT2D eigenvalue weighted by molar-refractivity contribution is -0.140. The van der Waals surface area contributed by atoms with Crippen LogP contribution in [-0.4, -0.2) is 24.3 Å². The number of hydrogen-bond donors (Lipinski definition) is 1. The standard InChI is InChI=1S/C12H13FO3/c13-10-3-1-2-9(5-10)11(12(14)15)4-8-6-16-7-8/h1-3,5,8,11H,4,6-7H2,(H,14,15). The highest BCUT2D eigenvalue weighted by molar-refractivity contribution is 5.76. The van der Waals surface area contributed by atoms with Gasteiger partial charge in [-0.3, -0.25) is 4.79 Å². The normalized spacial score (nSPS) is 17.8. The molecule has 1 aromatic carbocycles. The van der Waals surface area contributed by atoms with Crippen molar-refractivity contribution in [3.63, 3.8) is 0 Å². The summed E-state index contributed by atoms with van der Waals surface area (Å²) in [7, 11) is 0. The van der Waals surface area contributed by atoms with E-state index in [4.69, 9.17) is 9.84 Å². The van der Waals surface area contributed by atoms with Gasteiger partial charge in [0.25, 0.3) is 0 Å². The fourth-order valence-electron chi connectivity index (χ4n) is 1.86. The van der Waals surface area contributed by atoms with Crippen molar-refractivity contribution in [2.45, 2.75) is 12.3 Å². The van der Waals surface area contributed by atoms with Crippen molar-refractivity contribution in [1.29, 1.82) is 0 Å². The molecule has 0 amide bonds. The number of benzene rings is 1. The van der Waals surface area contributed by atoms with Crippen molar-refractivity contribution < 1.29 is 19.0 Å². The second-order valence-electron chi connectivity index (χ2n) is 4.09. The second kappa shape index (κ2) is 4.61. The zero-order valence-corrected chi connectivity index (χ0v) is 8.73. The van der Waals surface area contributed by atoms with Crippen molar-refractivity contribution in [2.24, 2.45) is 5.92 Å². The Bertz CT molecular complexity index is 388. The molecule has 1 unspecified atom stereocenters. The van der Waals surface area contributed by atoms with Crippen molar-refractivity contribution in [3.8, 4) is 0 Å². The Morgan fingerprint density at radius 2 is 2.31 bits per heavy atom. The van der Waals surface area contributed by atoms with E-state index in [2.05, 4.69) is 0 Å². The molecule has 4 heteroatoms. The molecule has 0 aliphatic carbocycles. The molecule has 1 aliphatic heterocycles. The van der Waals surface area contributed by atoms with Crippen molar-refractivity contribution >= 4 is 5.97 Å². The molecule has 1 heterocycles. The third-order valence-corrected chi connectivity index (χ3v) is 2.83. The van der Waals surface area contributed by atoms with Gasteiger partial charge >= 0.3 is 5.97 Å². The summed E-state index contributed by atoms with van der Waals surface area (Å²) in [6.07, 6.45) is 0.513. The summed E-state index contributed by atoms with van der Waals surface area (Å²) in [5.74, 6) is -1.65. The maximum atomic E-state index is 13.0. The molecule has 1 aromatic rings. The number of carboxylic acids is 1. The van der Waals surface area contributed by atoms with Crippen LogP contribution < -0.4 is 0 Å². The van der Waals surface area contributed by atoms with E-state index >= 15 is 0 Å². The highest BCUT2D eigenvalue weighted by Crippen LogP contribution is 2.28. The lowest BCUT2D eigenvalue weighted by Crippen LogP contribution is -2.30. The Kier molecular flexibility index (Phi) is 3.19. The number of carboxylic acid groups (broad SMARTS) is 1. The van der Waals surface area contributed by atoms with E-state index in [0.717, 1.165) is 0 Å². The number of aliphatic carboxylic acids is 1. The van der Waals surface area contributed by atoms with Gasteiger partial charge in [0.15, 0.2) is 0 Å². The molecule has 0 radical (unpaired) electrons. The molecule has 1 atom stereocenters. The fraction of sp³-hybridized carbons (Fsp3) is 0.417. The van der Waals surface area contributed by atoms with Gasteiger partial charge in [-0.1, -0.05) is 12.1 Å². The van der Waals surface area contributed by atoms with Gasteiger partial charge in [0, 0.05) is 5.92 Å². The first-order valence-electron chi connectivity index (χ1n) is 5.23. The van der Waals surface area contributed by atoms with Gasteiger partial charge in [-0.05, 0) is 24.1 Å². The Balaban J connectivity index is 2.14. The number of rotatable bonds is 4. The Morgan fingerprint density at radius 1 is 1.56 bits per heavy atom. The predicted octanol–water partition coefficient (Wildman–Crippen LogP) is 2.03. The van der Waals surface area contributed by atoms with Gasteiger partial charge < -0.3 is 9.84 Å². The summed E-state index contributed by atoms with van der Waals surface area (Å²) in [6.45, 7) is 1.22. The topological polar surface area (TPSA) is 46.5 Å². The predicted molar refractivity (Wildman–Crippen MR) is 55.7 cm³/mol. The van der Waals surface area contributed by atoms with Crippen LogP contribution in [0, 0.1) is 11.7 Å². The zero-order chi connectivity index (χ0) is 11.5. The highest BCUT2D eigenvalue weighted by atomic mass is 19.1. The molecular weight excluding hydrogens is 211 g/mol. The van der Waals surface area contributed by atoms with Crippen LogP contribution in [0.1, 0.15) is 17.9 Å². The molecule has 1 fully saturated rings. The quantitative estimate of drug-likeness (QED) is 0.851. The summed E-state index contributed by atoms with van der Waals surface area (Å²) >= 11 is 0. The van der Waals surface area contributed by atoms with E-state index in [9.17, 15) is 9.18 Å². The van der Waals surface area contributed by atoms with Gasteiger partial charge in [-0.2, -0.15) is 0 Å². The van der Waals surface area contributed by atoms with Gasteiger partial charge in [0.1, 0.15) is 5.82 Å². The van der Waals surface area contributed by atoms with E-state index in [1.54, 1.807) is 6.07 Å². The van der Waals surface area contributed by atoms with Crippen LogP contribution in [0.25, 0.3) is 0 Å². The number of halogens is 1. The lowest BCUT2D eigenvalue weighted by atomic mass is 9.88. The second-order valence-corrected chi connectivity index (χ2v) is 4.09. The molecule has 86 valence electrons. The molecule has 1 N–H and O–H groups in total. The van der Waals surface area contributed by atoms with E-state index in [1.165, 1.54) is 18.2 Å². The van der Waals surface area contributed by atoms with Crippen LogP contribution in [0.3, 0.4) is 0 Å². The summed E-state index contributed by atoms with van der Waals surface area (Å²) < 4.78 is 18.0. The van der Waals surface area contributed by atoms with Crippen molar-refractivity contribution in [2.75, 3.05) is 13.2 Å². The number of hydrogen-bond acceptors (Lipinski definition) is 2. The molecule has 0 spiro atoms. The molecule has 1 aliphatic rings. The van der Waals surface area contributed by atoms with Gasteiger partial charge in [0.05, 0.1) is 19.1 Å². The fourth-order valence-corrected chi connectivity index (χ4v) is 1.86. The lowest BCUT2D eigenvalue weighted by Gasteiger charge is -2.28. The first-order valence-corrected chi connectivity index (χ1v) is 5.23. The minimum Gasteiger partial charge on any atom is -0.481 e. The number of ether oxygens (including phenoxy) is 1. The highest BCUT2D eigenvalue weighted by Gasteiger charge is 2.28. The number of carbonyl (C=O) groups is 1. The summed E-state index contributed by atoms with van der Waals surface area (Å²) in [5.41, 5.74) is 0.527. The Hall–Kier alpha value is -1.42. The van der Waals surface area contributed by atoms with Crippen LogP contribution in [0.15, 0.2) is 24.3 Å². The minimum absolute atomic E-state index is 0.282. The molecule has 16 heavy (non-hydrogen) atoms. The molecular formula is C12H13FO3. The van der Waals surface area contributed by atoms with Crippen LogP contribution in [0.2, 0.25) is 0 Å². The Morgan fingerprint density at radius 3 is 2.81 bits per heavy atom. The maximum Gasteiger partial charge on any atom is 0.310 e. The summed E-state index contributed by atoms with van der Waals surface area (Å²) in [6, 6.07) is 5.80. The molecule has 0 saturated carbocycles. The van der Waals surface area contributed by atoms with E-state index in [-0.39, 0.29) is 5.92 Å². The first-order chi connectivity index (χ1) is 7.66. The van der Waals surface area contributed by atoms with Crippen molar-refractivity contribution in [3.05, 3.63) is 35.6 Å². The van der Waals surface area contributed by atoms with Gasteiger partial charge in [-0.15, -0.1) is 0 Å². The average Bonchev–Trinajstić information content (AvgIpc) is 2.15. The summed E-state index contributed by atoms with van der Waals surface area (Å²) in [5, 5.41) is 9.12. The Labute approximate surface area is 92.9 Å². The smallest absolute Gasteiger partial charge is 0.310 e. The minimum atomic E-state index is -0.905. The molecule has 1 saturated heterocycles. The van der Waals surface area contributed by atoms with Gasteiger partial charge in [0.2, 0.25) is 0 Å². The zero-order valence-electron chi connectivity index (χ0n) is 8.73. The SMILES string of the molecule is O=C(O)C(CC1COC1)c1cccc(F)c1. The average molecular weight is 224 g/mol. The summed E-state index contributed by atoms with van der Waals surface area (Å²) in [4.78, 5) is 11.1. The molecule has 0 bridgehead atoms. The van der Waals surface area contributed by atoms with Gasteiger partial charge in [-0.25, -0.2) is 4.39 Å².